The average Bonchev–Trinajstić information content (AvgIpc) is 3.24. The molecule has 4 rings (SSSR count). The molecule has 1 aromatic rings. The monoisotopic (exact) mass is 369 g/mol. The van der Waals surface area contributed by atoms with Crippen LogP contribution >= 0.6 is 0 Å². The third-order valence-corrected chi connectivity index (χ3v) is 6.47. The Morgan fingerprint density at radius 1 is 0.852 bits per heavy atom. The minimum Gasteiger partial charge on any atom is -0.342 e. The molecular formula is C22H31N3O2. The van der Waals surface area contributed by atoms with Gasteiger partial charge in [-0.25, -0.2) is 0 Å². The number of piperidine rings is 1. The van der Waals surface area contributed by atoms with E-state index in [0.717, 1.165) is 71.4 Å². The second kappa shape index (κ2) is 8.42. The fraction of sp³-hybridized carbons (Fsp3) is 0.636. The number of fused-ring (bicyclic) bond motifs is 1. The molecule has 5 nitrogen and oxygen atoms in total. The molecule has 2 fully saturated rings. The lowest BCUT2D eigenvalue weighted by molar-refractivity contribution is -0.134. The van der Waals surface area contributed by atoms with Crippen LogP contribution in [-0.2, 0) is 22.6 Å². The van der Waals surface area contributed by atoms with Gasteiger partial charge in [-0.1, -0.05) is 24.3 Å². The molecule has 0 unspecified atom stereocenters. The van der Waals surface area contributed by atoms with Crippen molar-refractivity contribution < 1.29 is 9.59 Å². The number of nitrogens with zero attached hydrogens (tertiary/aromatic N) is 3. The first-order valence-electron chi connectivity index (χ1n) is 10.5. The molecule has 0 saturated carbocycles. The van der Waals surface area contributed by atoms with Gasteiger partial charge >= 0.3 is 0 Å². The summed E-state index contributed by atoms with van der Waals surface area (Å²) in [4.78, 5) is 31.4. The van der Waals surface area contributed by atoms with Gasteiger partial charge in [0.05, 0.1) is 6.54 Å². The van der Waals surface area contributed by atoms with Crippen molar-refractivity contribution in [1.29, 1.82) is 0 Å². The lowest BCUT2D eigenvalue weighted by Crippen LogP contribution is -2.43. The molecule has 3 aliphatic heterocycles. The molecule has 146 valence electrons. The third-order valence-electron chi connectivity index (χ3n) is 6.47. The van der Waals surface area contributed by atoms with Gasteiger partial charge in [-0.15, -0.1) is 0 Å². The Labute approximate surface area is 162 Å². The zero-order valence-corrected chi connectivity index (χ0v) is 16.2. The molecule has 0 aliphatic carbocycles. The van der Waals surface area contributed by atoms with Crippen LogP contribution < -0.4 is 0 Å². The van der Waals surface area contributed by atoms with Gasteiger partial charge in [-0.2, -0.15) is 0 Å². The Hall–Kier alpha value is -1.88. The maximum Gasteiger partial charge on any atom is 0.236 e. The Morgan fingerprint density at radius 2 is 1.56 bits per heavy atom. The number of carbonyl (C=O) groups excluding carboxylic acids is 2. The molecule has 2 saturated heterocycles. The zero-order chi connectivity index (χ0) is 18.6. The first-order valence-corrected chi connectivity index (χ1v) is 10.5. The molecule has 3 aliphatic rings. The molecule has 1 aromatic carbocycles. The molecule has 5 heteroatoms. The van der Waals surface area contributed by atoms with Crippen LogP contribution in [0.4, 0.5) is 0 Å². The Balaban J connectivity index is 1.21. The number of likely N-dealkylation sites (tertiary alicyclic amines) is 2. The van der Waals surface area contributed by atoms with E-state index in [4.69, 9.17) is 0 Å². The number of benzene rings is 1. The van der Waals surface area contributed by atoms with Crippen molar-refractivity contribution in [3.05, 3.63) is 35.4 Å². The third kappa shape index (κ3) is 4.52. The number of carbonyl (C=O) groups is 2. The highest BCUT2D eigenvalue weighted by Crippen LogP contribution is 2.24. The molecule has 0 radical (unpaired) electrons. The molecule has 0 spiro atoms. The number of hydrogen-bond donors (Lipinski definition) is 0. The molecular weight excluding hydrogens is 338 g/mol. The second-order valence-electron chi connectivity index (χ2n) is 8.35. The van der Waals surface area contributed by atoms with Crippen molar-refractivity contribution >= 4 is 11.8 Å². The normalized spacial score (nSPS) is 21.3. The van der Waals surface area contributed by atoms with Crippen LogP contribution in [0.15, 0.2) is 24.3 Å². The molecule has 0 N–H and O–H groups in total. The Morgan fingerprint density at radius 3 is 2.30 bits per heavy atom. The van der Waals surface area contributed by atoms with Crippen LogP contribution in [0.3, 0.4) is 0 Å². The van der Waals surface area contributed by atoms with Crippen LogP contribution in [0.1, 0.15) is 43.2 Å². The highest BCUT2D eigenvalue weighted by molar-refractivity contribution is 5.78. The summed E-state index contributed by atoms with van der Waals surface area (Å²) in [6, 6.07) is 8.46. The lowest BCUT2D eigenvalue weighted by atomic mass is 9.92. The first kappa shape index (κ1) is 18.5. The minimum atomic E-state index is 0.286. The Kier molecular flexibility index (Phi) is 5.77. The predicted octanol–water partition coefficient (Wildman–Crippen LogP) is 2.30. The quantitative estimate of drug-likeness (QED) is 0.818. The summed E-state index contributed by atoms with van der Waals surface area (Å²) in [7, 11) is 0. The number of hydrogen-bond acceptors (Lipinski definition) is 3. The van der Waals surface area contributed by atoms with Crippen LogP contribution in [-0.4, -0.2) is 65.8 Å². The van der Waals surface area contributed by atoms with Crippen molar-refractivity contribution in [2.24, 2.45) is 5.92 Å². The molecule has 0 aromatic heterocycles. The topological polar surface area (TPSA) is 43.9 Å². The van der Waals surface area contributed by atoms with Crippen LogP contribution in [0, 0.1) is 5.92 Å². The van der Waals surface area contributed by atoms with E-state index in [1.807, 2.05) is 9.80 Å². The van der Waals surface area contributed by atoms with Gasteiger partial charge in [0, 0.05) is 32.6 Å². The van der Waals surface area contributed by atoms with E-state index >= 15 is 0 Å². The summed E-state index contributed by atoms with van der Waals surface area (Å²) in [6.45, 7) is 5.92. The Bertz CT molecular complexity index is 676. The standard InChI is InChI=1S/C22H31N3O2/c26-21(25-14-9-19-5-1-2-6-20(19)16-25)15-18-7-12-23(13-8-18)17-22(27)24-10-3-4-11-24/h1-2,5-6,18H,3-4,7-17H2. The van der Waals surface area contributed by atoms with Crippen LogP contribution in [0.25, 0.3) is 0 Å². The SMILES string of the molecule is O=C(CN1CCC(CC(=O)N2CCc3ccccc3C2)CC1)N1CCCC1. The molecule has 0 atom stereocenters. The summed E-state index contributed by atoms with van der Waals surface area (Å²) in [6.07, 6.45) is 6.00. The molecule has 0 bridgehead atoms. The van der Waals surface area contributed by atoms with Gasteiger partial charge in [-0.05, 0) is 62.2 Å². The predicted molar refractivity (Wildman–Crippen MR) is 105 cm³/mol. The van der Waals surface area contributed by atoms with Gasteiger partial charge in [-0.3, -0.25) is 14.5 Å². The van der Waals surface area contributed by atoms with E-state index < -0.39 is 0 Å². The van der Waals surface area contributed by atoms with E-state index in [1.165, 1.54) is 11.1 Å². The fourth-order valence-corrected chi connectivity index (χ4v) is 4.69. The van der Waals surface area contributed by atoms with Crippen molar-refractivity contribution in [2.45, 2.75) is 45.1 Å². The van der Waals surface area contributed by atoms with E-state index in [2.05, 4.69) is 29.2 Å². The summed E-state index contributed by atoms with van der Waals surface area (Å²) in [5.74, 6) is 1.05. The van der Waals surface area contributed by atoms with Gasteiger partial charge in [0.1, 0.15) is 0 Å². The minimum absolute atomic E-state index is 0.286. The fourth-order valence-electron chi connectivity index (χ4n) is 4.69. The number of amides is 2. The maximum atomic E-state index is 12.8. The van der Waals surface area contributed by atoms with Gasteiger partial charge < -0.3 is 9.80 Å². The van der Waals surface area contributed by atoms with Crippen LogP contribution in [0.5, 0.6) is 0 Å². The highest BCUT2D eigenvalue weighted by Gasteiger charge is 2.27. The van der Waals surface area contributed by atoms with Crippen molar-refractivity contribution in [3.8, 4) is 0 Å². The summed E-state index contributed by atoms with van der Waals surface area (Å²) in [5, 5.41) is 0. The van der Waals surface area contributed by atoms with Crippen molar-refractivity contribution in [2.75, 3.05) is 39.3 Å². The molecule has 2 amide bonds. The van der Waals surface area contributed by atoms with Crippen molar-refractivity contribution in [1.82, 2.24) is 14.7 Å². The van der Waals surface area contributed by atoms with Gasteiger partial charge in [0.15, 0.2) is 0 Å². The zero-order valence-electron chi connectivity index (χ0n) is 16.2. The molecule has 27 heavy (non-hydrogen) atoms. The summed E-state index contributed by atoms with van der Waals surface area (Å²) >= 11 is 0. The lowest BCUT2D eigenvalue weighted by Gasteiger charge is -2.34. The molecule has 3 heterocycles. The summed E-state index contributed by atoms with van der Waals surface area (Å²) < 4.78 is 0. The van der Waals surface area contributed by atoms with Crippen molar-refractivity contribution in [3.63, 3.8) is 0 Å². The largest absolute Gasteiger partial charge is 0.342 e. The van der Waals surface area contributed by atoms with Gasteiger partial charge in [0.25, 0.3) is 0 Å². The van der Waals surface area contributed by atoms with E-state index in [-0.39, 0.29) is 5.91 Å². The highest BCUT2D eigenvalue weighted by atomic mass is 16.2. The number of rotatable bonds is 4. The van der Waals surface area contributed by atoms with Crippen LogP contribution in [0.2, 0.25) is 0 Å². The van der Waals surface area contributed by atoms with E-state index in [9.17, 15) is 9.59 Å². The summed E-state index contributed by atoms with van der Waals surface area (Å²) in [5.41, 5.74) is 2.69. The van der Waals surface area contributed by atoms with Gasteiger partial charge in [0.2, 0.25) is 11.8 Å². The van der Waals surface area contributed by atoms with E-state index in [0.29, 0.717) is 24.8 Å². The first-order chi connectivity index (χ1) is 13.2. The smallest absolute Gasteiger partial charge is 0.236 e. The second-order valence-corrected chi connectivity index (χ2v) is 8.35. The maximum absolute atomic E-state index is 12.8. The average molecular weight is 370 g/mol. The van der Waals surface area contributed by atoms with E-state index in [1.54, 1.807) is 0 Å².